The zero-order chi connectivity index (χ0) is 6.85. The number of hydrogen-bond donors (Lipinski definition) is 1. The third-order valence-electron chi connectivity index (χ3n) is 1.06. The van der Waals surface area contributed by atoms with Gasteiger partial charge in [0.05, 0.1) is 6.20 Å². The molecule has 4 heteroatoms. The van der Waals surface area contributed by atoms with Crippen LogP contribution in [-0.4, -0.2) is 24.3 Å². The third kappa shape index (κ3) is 1.01. The van der Waals surface area contributed by atoms with E-state index in [0.717, 1.165) is 0 Å². The Balaban J connectivity index is 2.94. The summed E-state index contributed by atoms with van der Waals surface area (Å²) >= 11 is 0. The summed E-state index contributed by atoms with van der Waals surface area (Å²) in [5, 5.41) is 5.69. The molecule has 9 heavy (non-hydrogen) atoms. The molecule has 1 rings (SSSR count). The lowest BCUT2D eigenvalue weighted by Crippen LogP contribution is -2.08. The molecule has 0 radical (unpaired) electrons. The van der Waals surface area contributed by atoms with Crippen molar-refractivity contribution in [3.63, 3.8) is 0 Å². The Kier molecular flexibility index (Phi) is 1.38. The molecule has 3 nitrogen and oxygen atoms in total. The Hall–Kier alpha value is -1.06. The molecule has 0 fully saturated rings. The summed E-state index contributed by atoms with van der Waals surface area (Å²) < 4.78 is 12.4. The van der Waals surface area contributed by atoms with Crippen LogP contribution in [0.15, 0.2) is 6.20 Å². The lowest BCUT2D eigenvalue weighted by molar-refractivity contribution is 0.578. The standard InChI is InChI=1S/C5H8FN3/c1-9(2)4-3-7-8-5(4)6/h3H,1-2H3,(H,7,8). The van der Waals surface area contributed by atoms with Crippen molar-refractivity contribution in [2.45, 2.75) is 0 Å². The molecule has 0 saturated heterocycles. The highest BCUT2D eigenvalue weighted by Crippen LogP contribution is 2.10. The van der Waals surface area contributed by atoms with Gasteiger partial charge in [-0.3, -0.25) is 5.10 Å². The number of aromatic nitrogens is 2. The van der Waals surface area contributed by atoms with Crippen molar-refractivity contribution in [2.75, 3.05) is 19.0 Å². The highest BCUT2D eigenvalue weighted by Gasteiger charge is 2.03. The summed E-state index contributed by atoms with van der Waals surface area (Å²) in [6.07, 6.45) is 1.44. The molecule has 0 bridgehead atoms. The van der Waals surface area contributed by atoms with Crippen LogP contribution in [0.25, 0.3) is 0 Å². The minimum Gasteiger partial charge on any atom is -0.373 e. The molecule has 0 spiro atoms. The van der Waals surface area contributed by atoms with Crippen LogP contribution in [0.3, 0.4) is 0 Å². The summed E-state index contributed by atoms with van der Waals surface area (Å²) in [6, 6.07) is 0. The van der Waals surface area contributed by atoms with Crippen molar-refractivity contribution in [1.82, 2.24) is 10.2 Å². The number of nitrogens with one attached hydrogen (secondary N) is 1. The molecular weight excluding hydrogens is 121 g/mol. The van der Waals surface area contributed by atoms with Crippen LogP contribution >= 0.6 is 0 Å². The summed E-state index contributed by atoms with van der Waals surface area (Å²) in [4.78, 5) is 1.65. The van der Waals surface area contributed by atoms with Crippen LogP contribution in [0.1, 0.15) is 0 Å². The molecule has 0 aliphatic rings. The number of aromatic amines is 1. The second kappa shape index (κ2) is 2.05. The zero-order valence-electron chi connectivity index (χ0n) is 5.35. The van der Waals surface area contributed by atoms with Crippen molar-refractivity contribution in [2.24, 2.45) is 0 Å². The largest absolute Gasteiger partial charge is 0.373 e. The molecule has 0 atom stereocenters. The maximum absolute atomic E-state index is 12.4. The van der Waals surface area contributed by atoms with E-state index in [4.69, 9.17) is 0 Å². The van der Waals surface area contributed by atoms with Crippen molar-refractivity contribution < 1.29 is 4.39 Å². The number of nitrogens with zero attached hydrogens (tertiary/aromatic N) is 2. The van der Waals surface area contributed by atoms with Crippen LogP contribution in [0.5, 0.6) is 0 Å². The number of halogens is 1. The van der Waals surface area contributed by atoms with E-state index in [1.807, 2.05) is 0 Å². The molecular formula is C5H8FN3. The van der Waals surface area contributed by atoms with Crippen molar-refractivity contribution in [1.29, 1.82) is 0 Å². The van der Waals surface area contributed by atoms with E-state index in [1.165, 1.54) is 6.20 Å². The van der Waals surface area contributed by atoms with E-state index in [1.54, 1.807) is 19.0 Å². The van der Waals surface area contributed by atoms with Crippen LogP contribution in [0.2, 0.25) is 0 Å². The molecule has 0 saturated carbocycles. The third-order valence-corrected chi connectivity index (χ3v) is 1.06. The minimum absolute atomic E-state index is 0.389. The predicted octanol–water partition coefficient (Wildman–Crippen LogP) is 0.615. The monoisotopic (exact) mass is 129 g/mol. The first-order chi connectivity index (χ1) is 4.22. The molecule has 0 aromatic carbocycles. The van der Waals surface area contributed by atoms with E-state index in [9.17, 15) is 4.39 Å². The van der Waals surface area contributed by atoms with E-state index in [0.29, 0.717) is 5.69 Å². The Morgan fingerprint density at radius 2 is 2.33 bits per heavy atom. The zero-order valence-corrected chi connectivity index (χ0v) is 5.35. The van der Waals surface area contributed by atoms with Crippen LogP contribution in [0, 0.1) is 5.95 Å². The van der Waals surface area contributed by atoms with E-state index >= 15 is 0 Å². The molecule has 0 aliphatic carbocycles. The molecule has 1 aromatic heterocycles. The molecule has 0 amide bonds. The maximum atomic E-state index is 12.4. The summed E-state index contributed by atoms with van der Waals surface area (Å²) in [6.45, 7) is 0. The summed E-state index contributed by atoms with van der Waals surface area (Å²) in [7, 11) is 3.52. The van der Waals surface area contributed by atoms with E-state index < -0.39 is 0 Å². The topological polar surface area (TPSA) is 31.9 Å². The average Bonchev–Trinajstić information content (AvgIpc) is 2.13. The highest BCUT2D eigenvalue weighted by molar-refractivity contribution is 5.40. The average molecular weight is 129 g/mol. The minimum atomic E-state index is -0.389. The van der Waals surface area contributed by atoms with Gasteiger partial charge in [-0.25, -0.2) is 0 Å². The Bertz CT molecular complexity index is 194. The first-order valence-corrected chi connectivity index (χ1v) is 2.58. The quantitative estimate of drug-likeness (QED) is 0.602. The number of H-pyrrole nitrogens is 1. The van der Waals surface area contributed by atoms with E-state index in [2.05, 4.69) is 10.2 Å². The SMILES string of the molecule is CN(C)c1cn[nH]c1F. The number of anilines is 1. The van der Waals surface area contributed by atoms with Crippen molar-refractivity contribution >= 4 is 5.69 Å². The van der Waals surface area contributed by atoms with Crippen LogP contribution < -0.4 is 4.90 Å². The van der Waals surface area contributed by atoms with Crippen molar-refractivity contribution in [3.8, 4) is 0 Å². The van der Waals surface area contributed by atoms with Gasteiger partial charge in [0.15, 0.2) is 0 Å². The van der Waals surface area contributed by atoms with Gasteiger partial charge in [0.2, 0.25) is 5.95 Å². The van der Waals surface area contributed by atoms with Crippen molar-refractivity contribution in [3.05, 3.63) is 12.1 Å². The van der Waals surface area contributed by atoms with Crippen LogP contribution in [0.4, 0.5) is 10.1 Å². The Labute approximate surface area is 52.5 Å². The number of hydrogen-bond acceptors (Lipinski definition) is 2. The van der Waals surface area contributed by atoms with Gasteiger partial charge in [-0.2, -0.15) is 9.49 Å². The smallest absolute Gasteiger partial charge is 0.232 e. The molecule has 0 unspecified atom stereocenters. The normalized spacial score (nSPS) is 9.67. The van der Waals surface area contributed by atoms with Gasteiger partial charge in [-0.05, 0) is 0 Å². The number of rotatable bonds is 1. The Morgan fingerprint density at radius 3 is 2.56 bits per heavy atom. The predicted molar refractivity (Wildman–Crippen MR) is 32.9 cm³/mol. The molecule has 0 aliphatic heterocycles. The van der Waals surface area contributed by atoms with Gasteiger partial charge >= 0.3 is 0 Å². The fraction of sp³-hybridized carbons (Fsp3) is 0.400. The van der Waals surface area contributed by atoms with Gasteiger partial charge < -0.3 is 4.90 Å². The highest BCUT2D eigenvalue weighted by atomic mass is 19.1. The molecule has 1 aromatic rings. The van der Waals surface area contributed by atoms with Gasteiger partial charge in [-0.15, -0.1) is 0 Å². The van der Waals surface area contributed by atoms with Gasteiger partial charge in [0.1, 0.15) is 5.69 Å². The van der Waals surface area contributed by atoms with E-state index in [-0.39, 0.29) is 5.95 Å². The van der Waals surface area contributed by atoms with Gasteiger partial charge in [0.25, 0.3) is 0 Å². The second-order valence-corrected chi connectivity index (χ2v) is 1.96. The first-order valence-electron chi connectivity index (χ1n) is 2.58. The fourth-order valence-corrected chi connectivity index (χ4v) is 0.576. The molecule has 1 N–H and O–H groups in total. The Morgan fingerprint density at radius 1 is 1.67 bits per heavy atom. The van der Waals surface area contributed by atoms with Crippen LogP contribution in [-0.2, 0) is 0 Å². The summed E-state index contributed by atoms with van der Waals surface area (Å²) in [5.41, 5.74) is 0.481. The second-order valence-electron chi connectivity index (χ2n) is 1.96. The fourth-order valence-electron chi connectivity index (χ4n) is 0.576. The first kappa shape index (κ1) is 6.07. The summed E-state index contributed by atoms with van der Waals surface area (Å²) in [5.74, 6) is -0.389. The maximum Gasteiger partial charge on any atom is 0.232 e. The van der Waals surface area contributed by atoms with Gasteiger partial charge in [-0.1, -0.05) is 0 Å². The lowest BCUT2D eigenvalue weighted by atomic mass is 10.5. The lowest BCUT2D eigenvalue weighted by Gasteiger charge is -2.06. The molecule has 50 valence electrons. The van der Waals surface area contributed by atoms with Gasteiger partial charge in [0, 0.05) is 14.1 Å². The molecule has 1 heterocycles.